The molecule has 2 heterocycles. The molecule has 0 bridgehead atoms. The van der Waals surface area contributed by atoms with Gasteiger partial charge in [0.15, 0.2) is 0 Å². The van der Waals surface area contributed by atoms with E-state index in [2.05, 4.69) is 285 Å². The van der Waals surface area contributed by atoms with Crippen LogP contribution in [0.2, 0.25) is 0 Å². The molecule has 4 heteroatoms. The Bertz CT molecular complexity index is 4140. The number of hydrogen-bond donors (Lipinski definition) is 1. The highest BCUT2D eigenvalue weighted by molar-refractivity contribution is 6.11. The normalized spacial score (nSPS) is 11.4. The fourth-order valence-corrected chi connectivity index (χ4v) is 10.9. The Kier molecular flexibility index (Phi) is 11.5. The van der Waals surface area contributed by atoms with E-state index in [9.17, 15) is 0 Å². The fraction of sp³-hybridized carbons (Fsp3) is 0.0423. The van der Waals surface area contributed by atoms with Gasteiger partial charge in [-0.15, -0.1) is 0 Å². The fourth-order valence-electron chi connectivity index (χ4n) is 10.9. The van der Waals surface area contributed by atoms with Crippen molar-refractivity contribution in [3.63, 3.8) is 0 Å². The number of hydrogen-bond acceptors (Lipinski definition) is 3. The number of aryl methyl sites for hydroxylation is 3. The number of nitrogens with one attached hydrogen (secondary N) is 1. The van der Waals surface area contributed by atoms with Crippen molar-refractivity contribution in [2.45, 2.75) is 20.8 Å². The molecule has 2 aromatic heterocycles. The van der Waals surface area contributed by atoms with Gasteiger partial charge in [0.25, 0.3) is 0 Å². The molecule has 0 aliphatic carbocycles. The second-order valence-electron chi connectivity index (χ2n) is 19.7. The molecule has 0 unspecified atom stereocenters. The summed E-state index contributed by atoms with van der Waals surface area (Å²) in [6.45, 7) is 6.45. The molecule has 0 spiro atoms. The van der Waals surface area contributed by atoms with Crippen LogP contribution in [0, 0.1) is 20.8 Å². The van der Waals surface area contributed by atoms with Gasteiger partial charge in [-0.25, -0.2) is 9.97 Å². The van der Waals surface area contributed by atoms with Crippen LogP contribution in [0.1, 0.15) is 16.7 Å². The summed E-state index contributed by atoms with van der Waals surface area (Å²) in [5.41, 5.74) is 26.2. The van der Waals surface area contributed by atoms with Gasteiger partial charge in [0.2, 0.25) is 0 Å². The molecule has 0 atom stereocenters. The number of rotatable bonds is 10. The van der Waals surface area contributed by atoms with Gasteiger partial charge in [-0.1, -0.05) is 182 Å². The topological polar surface area (TPSA) is 42.7 Å². The number of nitrogens with zero attached hydrogens (tertiary/aromatic N) is 3. The molecule has 4 nitrogen and oxygen atoms in total. The molecule has 0 saturated heterocycles. The Hall–Kier alpha value is -9.64. The standard InChI is InChI=1S/C71H52N4/c1-46-40-48(3)69-66(41-46)73-70(54-28-35-60(36-29-54)75-67-38-31-57(51-20-12-6-13-21-51)44-63(67)64-45-58(32-39-68(64)75)52-22-14-7-15-23-52)71(74-69)53-26-33-59(34-27-53)72-65-37-30-56(50-18-10-5-11-19-50)43-62(65)61-42-55(25-24-47(61)2)49-16-8-4-9-17-49/h4-45,72H,1-3H3. The number of aromatic nitrogens is 3. The Morgan fingerprint density at radius 1 is 0.333 bits per heavy atom. The second-order valence-corrected chi connectivity index (χ2v) is 19.7. The van der Waals surface area contributed by atoms with Crippen molar-refractivity contribution in [2.75, 3.05) is 5.32 Å². The van der Waals surface area contributed by atoms with Gasteiger partial charge in [0.1, 0.15) is 0 Å². The first-order valence-corrected chi connectivity index (χ1v) is 25.7. The highest BCUT2D eigenvalue weighted by Crippen LogP contribution is 2.41. The zero-order chi connectivity index (χ0) is 50.4. The Morgan fingerprint density at radius 2 is 0.773 bits per heavy atom. The van der Waals surface area contributed by atoms with Gasteiger partial charge >= 0.3 is 0 Å². The smallest absolute Gasteiger partial charge is 0.0973 e. The monoisotopic (exact) mass is 960 g/mol. The lowest BCUT2D eigenvalue weighted by Crippen LogP contribution is -1.99. The molecule has 0 aliphatic rings. The van der Waals surface area contributed by atoms with Gasteiger partial charge in [-0.2, -0.15) is 0 Å². The maximum atomic E-state index is 5.44. The lowest BCUT2D eigenvalue weighted by atomic mass is 9.92. The zero-order valence-electron chi connectivity index (χ0n) is 42.1. The highest BCUT2D eigenvalue weighted by atomic mass is 15.0. The van der Waals surface area contributed by atoms with E-state index in [1.807, 2.05) is 0 Å². The Morgan fingerprint density at radius 3 is 1.31 bits per heavy atom. The van der Waals surface area contributed by atoms with E-state index >= 15 is 0 Å². The van der Waals surface area contributed by atoms with Crippen LogP contribution >= 0.6 is 0 Å². The van der Waals surface area contributed by atoms with Crippen LogP contribution in [0.5, 0.6) is 0 Å². The molecule has 0 fully saturated rings. The molecular formula is C71H52N4. The molecule has 0 aliphatic heterocycles. The Balaban J connectivity index is 0.885. The largest absolute Gasteiger partial charge is 0.355 e. The van der Waals surface area contributed by atoms with Crippen molar-refractivity contribution < 1.29 is 0 Å². The maximum absolute atomic E-state index is 5.44. The van der Waals surface area contributed by atoms with Crippen LogP contribution < -0.4 is 5.32 Å². The van der Waals surface area contributed by atoms with E-state index in [-0.39, 0.29) is 0 Å². The number of anilines is 2. The summed E-state index contributed by atoms with van der Waals surface area (Å²) >= 11 is 0. The molecule has 13 rings (SSSR count). The molecule has 13 aromatic rings. The zero-order valence-corrected chi connectivity index (χ0v) is 42.1. The minimum Gasteiger partial charge on any atom is -0.355 e. The van der Waals surface area contributed by atoms with Crippen LogP contribution in [0.3, 0.4) is 0 Å². The van der Waals surface area contributed by atoms with Crippen LogP contribution in [-0.2, 0) is 0 Å². The molecule has 0 radical (unpaired) electrons. The average Bonchev–Trinajstić information content (AvgIpc) is 3.84. The summed E-state index contributed by atoms with van der Waals surface area (Å²) in [4.78, 5) is 10.9. The van der Waals surface area contributed by atoms with Gasteiger partial charge in [-0.05, 0) is 160 Å². The number of benzene rings is 11. The van der Waals surface area contributed by atoms with E-state index in [1.165, 1.54) is 66.4 Å². The third-order valence-electron chi connectivity index (χ3n) is 14.7. The third kappa shape index (κ3) is 8.62. The van der Waals surface area contributed by atoms with Gasteiger partial charge in [0, 0.05) is 44.5 Å². The summed E-state index contributed by atoms with van der Waals surface area (Å²) < 4.78 is 2.39. The summed E-state index contributed by atoms with van der Waals surface area (Å²) in [6, 6.07) is 91.6. The molecule has 11 aromatic carbocycles. The van der Waals surface area contributed by atoms with Crippen molar-refractivity contribution in [1.82, 2.24) is 14.5 Å². The van der Waals surface area contributed by atoms with Crippen LogP contribution in [0.4, 0.5) is 11.4 Å². The van der Waals surface area contributed by atoms with E-state index in [0.717, 1.165) is 78.3 Å². The molecule has 75 heavy (non-hydrogen) atoms. The van der Waals surface area contributed by atoms with Gasteiger partial charge in [0.05, 0.1) is 33.5 Å². The van der Waals surface area contributed by atoms with Crippen molar-refractivity contribution in [3.8, 4) is 83.8 Å². The second kappa shape index (κ2) is 19.1. The molecule has 0 saturated carbocycles. The van der Waals surface area contributed by atoms with Crippen molar-refractivity contribution >= 4 is 44.2 Å². The first-order valence-electron chi connectivity index (χ1n) is 25.7. The summed E-state index contributed by atoms with van der Waals surface area (Å²) in [6.07, 6.45) is 0. The third-order valence-corrected chi connectivity index (χ3v) is 14.7. The maximum Gasteiger partial charge on any atom is 0.0973 e. The first kappa shape index (κ1) is 45.2. The van der Waals surface area contributed by atoms with E-state index in [4.69, 9.17) is 9.97 Å². The summed E-state index contributed by atoms with van der Waals surface area (Å²) in [7, 11) is 0. The molecule has 356 valence electrons. The number of fused-ring (bicyclic) bond motifs is 4. The molecule has 1 N–H and O–H groups in total. The SMILES string of the molecule is Cc1cc(C)c2nc(-c3ccc(Nc4ccc(-c5ccccc5)cc4-c4cc(-c5ccccc5)ccc4C)cc3)c(-c3ccc(-n4c5ccc(-c6ccccc6)cc5c5cc(-c6ccccc6)ccc54)cc3)nc2c1. The van der Waals surface area contributed by atoms with Crippen molar-refractivity contribution in [2.24, 2.45) is 0 Å². The van der Waals surface area contributed by atoms with E-state index in [0.29, 0.717) is 0 Å². The summed E-state index contributed by atoms with van der Waals surface area (Å²) in [5, 5.41) is 6.27. The highest BCUT2D eigenvalue weighted by Gasteiger charge is 2.19. The van der Waals surface area contributed by atoms with E-state index in [1.54, 1.807) is 0 Å². The van der Waals surface area contributed by atoms with Gasteiger partial charge < -0.3 is 9.88 Å². The molecular weight excluding hydrogens is 909 g/mol. The predicted molar refractivity (Wildman–Crippen MR) is 316 cm³/mol. The summed E-state index contributed by atoms with van der Waals surface area (Å²) in [5.74, 6) is 0. The Labute approximate surface area is 437 Å². The van der Waals surface area contributed by atoms with Gasteiger partial charge in [-0.3, -0.25) is 0 Å². The minimum absolute atomic E-state index is 0.841. The quantitative estimate of drug-likeness (QED) is 0.149. The lowest BCUT2D eigenvalue weighted by Gasteiger charge is -2.18. The lowest BCUT2D eigenvalue weighted by molar-refractivity contribution is 1.18. The first-order chi connectivity index (χ1) is 36.9. The van der Waals surface area contributed by atoms with Crippen LogP contribution in [-0.4, -0.2) is 14.5 Å². The van der Waals surface area contributed by atoms with E-state index < -0.39 is 0 Å². The minimum atomic E-state index is 0.841. The predicted octanol–water partition coefficient (Wildman–Crippen LogP) is 19.1. The molecule has 0 amide bonds. The van der Waals surface area contributed by atoms with Crippen LogP contribution in [0.15, 0.2) is 255 Å². The average molecular weight is 961 g/mol. The van der Waals surface area contributed by atoms with Crippen LogP contribution in [0.25, 0.3) is 117 Å². The van der Waals surface area contributed by atoms with Crippen molar-refractivity contribution in [3.05, 3.63) is 271 Å². The van der Waals surface area contributed by atoms with Crippen molar-refractivity contribution in [1.29, 1.82) is 0 Å².